The molecule has 0 radical (unpaired) electrons. The predicted molar refractivity (Wildman–Crippen MR) is 64.0 cm³/mol. The largest absolute Gasteiger partial charge is 0.396 e. The van der Waals surface area contributed by atoms with Crippen molar-refractivity contribution >= 4 is 0 Å². The highest BCUT2D eigenvalue weighted by Gasteiger charge is 2.21. The second-order valence-electron chi connectivity index (χ2n) is 4.93. The SMILES string of the molecule is CCC(CO)CN(C)C1CCN(C)CC1. The van der Waals surface area contributed by atoms with Gasteiger partial charge in [-0.25, -0.2) is 0 Å². The molecule has 0 aromatic heterocycles. The Hall–Kier alpha value is -0.120. The van der Waals surface area contributed by atoms with Gasteiger partial charge in [0.15, 0.2) is 0 Å². The van der Waals surface area contributed by atoms with Gasteiger partial charge >= 0.3 is 0 Å². The minimum absolute atomic E-state index is 0.327. The van der Waals surface area contributed by atoms with Crippen molar-refractivity contribution in [2.45, 2.75) is 32.2 Å². The summed E-state index contributed by atoms with van der Waals surface area (Å²) >= 11 is 0. The van der Waals surface area contributed by atoms with Gasteiger partial charge in [-0.15, -0.1) is 0 Å². The Balaban J connectivity index is 2.30. The van der Waals surface area contributed by atoms with Crippen LogP contribution >= 0.6 is 0 Å². The molecule has 0 aliphatic carbocycles. The van der Waals surface area contributed by atoms with Crippen LogP contribution in [0, 0.1) is 5.92 Å². The van der Waals surface area contributed by atoms with Gasteiger partial charge in [0.2, 0.25) is 0 Å². The van der Waals surface area contributed by atoms with Gasteiger partial charge in [0.25, 0.3) is 0 Å². The molecule has 0 aromatic rings. The highest BCUT2D eigenvalue weighted by Crippen LogP contribution is 2.16. The first kappa shape index (κ1) is 12.9. The van der Waals surface area contributed by atoms with Gasteiger partial charge in [0.05, 0.1) is 0 Å². The normalized spacial score (nSPS) is 22.2. The molecular formula is C12H26N2O. The van der Waals surface area contributed by atoms with Crippen molar-refractivity contribution in [1.82, 2.24) is 9.80 Å². The lowest BCUT2D eigenvalue weighted by Crippen LogP contribution is -2.43. The summed E-state index contributed by atoms with van der Waals surface area (Å²) in [7, 11) is 4.40. The Labute approximate surface area is 94.1 Å². The molecule has 0 aromatic carbocycles. The molecule has 3 nitrogen and oxygen atoms in total. The van der Waals surface area contributed by atoms with E-state index in [9.17, 15) is 5.11 Å². The fourth-order valence-electron chi connectivity index (χ4n) is 2.31. The number of likely N-dealkylation sites (tertiary alicyclic amines) is 1. The number of aliphatic hydroxyl groups excluding tert-OH is 1. The summed E-state index contributed by atoms with van der Waals surface area (Å²) in [5, 5.41) is 9.18. The predicted octanol–water partition coefficient (Wildman–Crippen LogP) is 1.03. The Kier molecular flexibility index (Phi) is 5.58. The molecule has 1 unspecified atom stereocenters. The van der Waals surface area contributed by atoms with Crippen molar-refractivity contribution in [1.29, 1.82) is 0 Å². The summed E-state index contributed by atoms with van der Waals surface area (Å²) in [6.07, 6.45) is 3.62. The minimum Gasteiger partial charge on any atom is -0.396 e. The van der Waals surface area contributed by atoms with Crippen molar-refractivity contribution < 1.29 is 5.11 Å². The lowest BCUT2D eigenvalue weighted by Gasteiger charge is -2.36. The molecule has 1 heterocycles. The third-order valence-corrected chi connectivity index (χ3v) is 3.69. The van der Waals surface area contributed by atoms with Crippen LogP contribution in [0.1, 0.15) is 26.2 Å². The highest BCUT2D eigenvalue weighted by atomic mass is 16.3. The monoisotopic (exact) mass is 214 g/mol. The summed E-state index contributed by atoms with van der Waals surface area (Å²) < 4.78 is 0. The maximum atomic E-state index is 9.18. The summed E-state index contributed by atoms with van der Waals surface area (Å²) in [6.45, 7) is 5.95. The molecule has 0 amide bonds. The Morgan fingerprint density at radius 3 is 2.47 bits per heavy atom. The van der Waals surface area contributed by atoms with Gasteiger partial charge in [-0.1, -0.05) is 6.92 Å². The van der Waals surface area contributed by atoms with Gasteiger partial charge in [0, 0.05) is 19.2 Å². The molecule has 0 bridgehead atoms. The van der Waals surface area contributed by atoms with Crippen LogP contribution < -0.4 is 0 Å². The van der Waals surface area contributed by atoms with Crippen LogP contribution in [-0.4, -0.2) is 61.3 Å². The molecule has 1 saturated heterocycles. The van der Waals surface area contributed by atoms with E-state index in [0.717, 1.165) is 19.0 Å². The maximum absolute atomic E-state index is 9.18. The lowest BCUT2D eigenvalue weighted by atomic mass is 10.0. The first-order chi connectivity index (χ1) is 7.17. The average Bonchev–Trinajstić information content (AvgIpc) is 2.26. The quantitative estimate of drug-likeness (QED) is 0.740. The van der Waals surface area contributed by atoms with Gasteiger partial charge in [-0.2, -0.15) is 0 Å². The van der Waals surface area contributed by atoms with Crippen molar-refractivity contribution in [3.8, 4) is 0 Å². The van der Waals surface area contributed by atoms with Gasteiger partial charge < -0.3 is 14.9 Å². The Morgan fingerprint density at radius 1 is 1.40 bits per heavy atom. The third kappa shape index (κ3) is 4.09. The average molecular weight is 214 g/mol. The van der Waals surface area contributed by atoms with E-state index in [4.69, 9.17) is 0 Å². The Bertz CT molecular complexity index is 163. The van der Waals surface area contributed by atoms with E-state index in [0.29, 0.717) is 12.5 Å². The summed E-state index contributed by atoms with van der Waals surface area (Å²) in [5.74, 6) is 0.453. The van der Waals surface area contributed by atoms with Crippen molar-refractivity contribution in [3.63, 3.8) is 0 Å². The van der Waals surface area contributed by atoms with E-state index in [1.165, 1.54) is 25.9 Å². The van der Waals surface area contributed by atoms with Crippen LogP contribution in [0.2, 0.25) is 0 Å². The molecule has 3 heteroatoms. The first-order valence-electron chi connectivity index (χ1n) is 6.17. The van der Waals surface area contributed by atoms with E-state index >= 15 is 0 Å². The van der Waals surface area contributed by atoms with Gasteiger partial charge in [-0.05, 0) is 52.4 Å². The fraction of sp³-hybridized carbons (Fsp3) is 1.00. The van der Waals surface area contributed by atoms with Crippen LogP contribution in [0.4, 0.5) is 0 Å². The van der Waals surface area contributed by atoms with Crippen molar-refractivity contribution in [2.75, 3.05) is 40.3 Å². The molecule has 15 heavy (non-hydrogen) atoms. The van der Waals surface area contributed by atoms with Crippen molar-refractivity contribution in [2.24, 2.45) is 5.92 Å². The van der Waals surface area contributed by atoms with E-state index < -0.39 is 0 Å². The van der Waals surface area contributed by atoms with E-state index in [1.807, 2.05) is 0 Å². The van der Waals surface area contributed by atoms with Gasteiger partial charge in [-0.3, -0.25) is 0 Å². The molecule has 90 valence electrons. The van der Waals surface area contributed by atoms with Crippen LogP contribution in [-0.2, 0) is 0 Å². The molecule has 0 saturated carbocycles. The summed E-state index contributed by atoms with van der Waals surface area (Å²) in [6, 6.07) is 0.724. The van der Waals surface area contributed by atoms with E-state index in [1.54, 1.807) is 0 Å². The fourth-order valence-corrected chi connectivity index (χ4v) is 2.31. The third-order valence-electron chi connectivity index (χ3n) is 3.69. The lowest BCUT2D eigenvalue weighted by molar-refractivity contribution is 0.108. The van der Waals surface area contributed by atoms with Crippen LogP contribution in [0.3, 0.4) is 0 Å². The second kappa shape index (κ2) is 6.46. The summed E-state index contributed by atoms with van der Waals surface area (Å²) in [5.41, 5.74) is 0. The van der Waals surface area contributed by atoms with Crippen LogP contribution in [0.5, 0.6) is 0 Å². The summed E-state index contributed by atoms with van der Waals surface area (Å²) in [4.78, 5) is 4.84. The second-order valence-corrected chi connectivity index (χ2v) is 4.93. The molecule has 1 N–H and O–H groups in total. The van der Waals surface area contributed by atoms with Crippen LogP contribution in [0.15, 0.2) is 0 Å². The van der Waals surface area contributed by atoms with Crippen molar-refractivity contribution in [3.05, 3.63) is 0 Å². The number of aliphatic hydroxyl groups is 1. The molecule has 1 aliphatic rings. The maximum Gasteiger partial charge on any atom is 0.0471 e. The topological polar surface area (TPSA) is 26.7 Å². The molecule has 1 aliphatic heterocycles. The smallest absolute Gasteiger partial charge is 0.0471 e. The molecule has 1 atom stereocenters. The van der Waals surface area contributed by atoms with Gasteiger partial charge in [0.1, 0.15) is 0 Å². The standard InChI is InChI=1S/C12H26N2O/c1-4-11(10-15)9-14(3)12-5-7-13(2)8-6-12/h11-12,15H,4-10H2,1-3H3. The Morgan fingerprint density at radius 2 is 2.00 bits per heavy atom. The van der Waals surface area contributed by atoms with E-state index in [-0.39, 0.29) is 0 Å². The number of nitrogens with zero attached hydrogens (tertiary/aromatic N) is 2. The van der Waals surface area contributed by atoms with Crippen LogP contribution in [0.25, 0.3) is 0 Å². The molecular weight excluding hydrogens is 188 g/mol. The van der Waals surface area contributed by atoms with E-state index in [2.05, 4.69) is 30.8 Å². The number of piperidine rings is 1. The number of hydrogen-bond acceptors (Lipinski definition) is 3. The zero-order valence-electron chi connectivity index (χ0n) is 10.4. The minimum atomic E-state index is 0.327. The molecule has 1 fully saturated rings. The zero-order valence-corrected chi connectivity index (χ0v) is 10.4. The molecule has 1 rings (SSSR count). The zero-order chi connectivity index (χ0) is 11.3. The molecule has 0 spiro atoms. The number of rotatable bonds is 5. The highest BCUT2D eigenvalue weighted by molar-refractivity contribution is 4.77. The number of hydrogen-bond donors (Lipinski definition) is 1. The first-order valence-corrected chi connectivity index (χ1v) is 6.17.